The Labute approximate surface area is 102 Å². The fraction of sp³-hybridized carbons (Fsp3) is 0.0833. The monoisotopic (exact) mass is 248 g/mol. The van der Waals surface area contributed by atoms with Gasteiger partial charge in [0, 0.05) is 16.0 Å². The van der Waals surface area contributed by atoms with E-state index in [2.05, 4.69) is 27.7 Å². The summed E-state index contributed by atoms with van der Waals surface area (Å²) in [6, 6.07) is 5.68. The molecule has 2 nitrogen and oxygen atoms in total. The smallest absolute Gasteiger partial charge is 0.139 e. The molecule has 0 aliphatic heterocycles. The summed E-state index contributed by atoms with van der Waals surface area (Å²) in [4.78, 5) is 7.84. The largest absolute Gasteiger partial charge is 0.338 e. The van der Waals surface area contributed by atoms with Gasteiger partial charge in [0.25, 0.3) is 0 Å². The summed E-state index contributed by atoms with van der Waals surface area (Å²) < 4.78 is 0. The summed E-state index contributed by atoms with van der Waals surface area (Å²) in [6.07, 6.45) is 0. The normalized spacial score (nSPS) is 11.1. The summed E-state index contributed by atoms with van der Waals surface area (Å²) >= 11 is 7.63. The number of aromatic nitrogens is 2. The standard InChI is InChI=1S/C12H9ClN2S/c1-7-5-16-6-9(7)12-14-10-3-2-8(13)4-11(10)15-12/h2-6H,1H3,(H,14,15). The maximum absolute atomic E-state index is 5.94. The average molecular weight is 249 g/mol. The van der Waals surface area contributed by atoms with Gasteiger partial charge in [-0.15, -0.1) is 0 Å². The Bertz CT molecular complexity index is 654. The highest BCUT2D eigenvalue weighted by atomic mass is 35.5. The van der Waals surface area contributed by atoms with Gasteiger partial charge in [-0.05, 0) is 36.1 Å². The molecule has 0 aliphatic rings. The van der Waals surface area contributed by atoms with Crippen molar-refractivity contribution in [3.8, 4) is 11.4 Å². The van der Waals surface area contributed by atoms with Gasteiger partial charge in [0.1, 0.15) is 5.82 Å². The molecule has 3 rings (SSSR count). The lowest BCUT2D eigenvalue weighted by Gasteiger charge is -1.92. The number of nitrogens with one attached hydrogen (secondary N) is 1. The van der Waals surface area contributed by atoms with Crippen LogP contribution < -0.4 is 0 Å². The third-order valence-electron chi connectivity index (χ3n) is 2.55. The van der Waals surface area contributed by atoms with Gasteiger partial charge in [0.2, 0.25) is 0 Å². The average Bonchev–Trinajstić information content (AvgIpc) is 2.82. The number of halogens is 1. The quantitative estimate of drug-likeness (QED) is 0.685. The number of benzene rings is 1. The Morgan fingerprint density at radius 1 is 1.31 bits per heavy atom. The SMILES string of the molecule is Cc1cscc1-c1nc2ccc(Cl)cc2[nH]1. The Kier molecular flexibility index (Phi) is 2.23. The number of hydrogen-bond acceptors (Lipinski definition) is 2. The summed E-state index contributed by atoms with van der Waals surface area (Å²) in [5.41, 5.74) is 4.34. The molecule has 1 N–H and O–H groups in total. The fourth-order valence-electron chi connectivity index (χ4n) is 1.71. The summed E-state index contributed by atoms with van der Waals surface area (Å²) in [5.74, 6) is 0.913. The van der Waals surface area contributed by atoms with Crippen LogP contribution in [0.5, 0.6) is 0 Å². The van der Waals surface area contributed by atoms with Crippen LogP contribution in [-0.4, -0.2) is 9.97 Å². The van der Waals surface area contributed by atoms with Crippen LogP contribution in [0.4, 0.5) is 0 Å². The minimum atomic E-state index is 0.727. The topological polar surface area (TPSA) is 28.7 Å². The van der Waals surface area contributed by atoms with Crippen LogP contribution in [0.1, 0.15) is 5.56 Å². The van der Waals surface area contributed by atoms with E-state index in [-0.39, 0.29) is 0 Å². The molecule has 3 aromatic rings. The number of fused-ring (bicyclic) bond motifs is 1. The number of thiophene rings is 1. The molecule has 0 aliphatic carbocycles. The highest BCUT2D eigenvalue weighted by Crippen LogP contribution is 2.27. The van der Waals surface area contributed by atoms with E-state index < -0.39 is 0 Å². The second-order valence-corrected chi connectivity index (χ2v) is 4.90. The molecular weight excluding hydrogens is 240 g/mol. The first-order valence-corrected chi connectivity index (χ1v) is 6.24. The predicted octanol–water partition coefficient (Wildman–Crippen LogP) is 4.25. The molecular formula is C12H9ClN2S. The zero-order chi connectivity index (χ0) is 11.1. The highest BCUT2D eigenvalue weighted by Gasteiger charge is 2.08. The third kappa shape index (κ3) is 1.52. The molecule has 0 atom stereocenters. The number of H-pyrrole nitrogens is 1. The van der Waals surface area contributed by atoms with Gasteiger partial charge >= 0.3 is 0 Å². The first-order chi connectivity index (χ1) is 7.74. The van der Waals surface area contributed by atoms with Crippen LogP contribution in [-0.2, 0) is 0 Å². The van der Waals surface area contributed by atoms with Gasteiger partial charge in [-0.3, -0.25) is 0 Å². The molecule has 80 valence electrons. The number of aryl methyl sites for hydroxylation is 1. The van der Waals surface area contributed by atoms with Crippen molar-refractivity contribution in [2.24, 2.45) is 0 Å². The zero-order valence-corrected chi connectivity index (χ0v) is 10.2. The molecule has 0 amide bonds. The van der Waals surface area contributed by atoms with Gasteiger partial charge in [-0.25, -0.2) is 4.98 Å². The van der Waals surface area contributed by atoms with Crippen molar-refractivity contribution in [2.45, 2.75) is 6.92 Å². The lowest BCUT2D eigenvalue weighted by atomic mass is 10.2. The number of aromatic amines is 1. The predicted molar refractivity (Wildman–Crippen MR) is 69.2 cm³/mol. The molecule has 1 aromatic carbocycles. The second kappa shape index (κ2) is 3.61. The van der Waals surface area contributed by atoms with Gasteiger partial charge in [-0.1, -0.05) is 11.6 Å². The van der Waals surface area contributed by atoms with Gasteiger partial charge in [0.05, 0.1) is 11.0 Å². The minimum Gasteiger partial charge on any atom is -0.338 e. The summed E-state index contributed by atoms with van der Waals surface area (Å²) in [5, 5.41) is 4.95. The van der Waals surface area contributed by atoms with Crippen molar-refractivity contribution in [2.75, 3.05) is 0 Å². The zero-order valence-electron chi connectivity index (χ0n) is 8.62. The van der Waals surface area contributed by atoms with Crippen LogP contribution in [0, 0.1) is 6.92 Å². The van der Waals surface area contributed by atoms with Crippen LogP contribution in [0.2, 0.25) is 5.02 Å². The molecule has 0 saturated carbocycles. The Morgan fingerprint density at radius 2 is 2.19 bits per heavy atom. The maximum Gasteiger partial charge on any atom is 0.139 e. The van der Waals surface area contributed by atoms with E-state index in [1.165, 1.54) is 5.56 Å². The molecule has 2 heterocycles. The van der Waals surface area contributed by atoms with Crippen LogP contribution in [0.3, 0.4) is 0 Å². The molecule has 0 radical (unpaired) electrons. The Balaban J connectivity index is 2.23. The first-order valence-electron chi connectivity index (χ1n) is 4.92. The van der Waals surface area contributed by atoms with Crippen LogP contribution >= 0.6 is 22.9 Å². The molecule has 0 spiro atoms. The molecule has 4 heteroatoms. The fourth-order valence-corrected chi connectivity index (χ4v) is 2.72. The van der Waals surface area contributed by atoms with Crippen molar-refractivity contribution in [3.05, 3.63) is 39.5 Å². The van der Waals surface area contributed by atoms with E-state index in [1.807, 2.05) is 18.2 Å². The number of rotatable bonds is 1. The molecule has 16 heavy (non-hydrogen) atoms. The molecule has 0 bridgehead atoms. The van der Waals surface area contributed by atoms with E-state index in [9.17, 15) is 0 Å². The maximum atomic E-state index is 5.94. The van der Waals surface area contributed by atoms with Crippen molar-refractivity contribution in [1.29, 1.82) is 0 Å². The van der Waals surface area contributed by atoms with Gasteiger partial charge < -0.3 is 4.98 Å². The van der Waals surface area contributed by atoms with E-state index in [0.29, 0.717) is 0 Å². The van der Waals surface area contributed by atoms with Crippen molar-refractivity contribution >= 4 is 34.0 Å². The molecule has 0 saturated heterocycles. The highest BCUT2D eigenvalue weighted by molar-refractivity contribution is 7.08. The van der Waals surface area contributed by atoms with Crippen LogP contribution in [0.15, 0.2) is 29.0 Å². The number of nitrogens with zero attached hydrogens (tertiary/aromatic N) is 1. The van der Waals surface area contributed by atoms with Crippen molar-refractivity contribution in [1.82, 2.24) is 9.97 Å². The first kappa shape index (κ1) is 9.87. The van der Waals surface area contributed by atoms with Crippen LogP contribution in [0.25, 0.3) is 22.4 Å². The molecule has 0 fully saturated rings. The number of hydrogen-bond donors (Lipinski definition) is 1. The third-order valence-corrected chi connectivity index (χ3v) is 3.65. The lowest BCUT2D eigenvalue weighted by Crippen LogP contribution is -1.78. The second-order valence-electron chi connectivity index (χ2n) is 3.72. The van der Waals surface area contributed by atoms with E-state index >= 15 is 0 Å². The minimum absolute atomic E-state index is 0.727. The van der Waals surface area contributed by atoms with Crippen molar-refractivity contribution < 1.29 is 0 Å². The summed E-state index contributed by atoms with van der Waals surface area (Å²) in [7, 11) is 0. The summed E-state index contributed by atoms with van der Waals surface area (Å²) in [6.45, 7) is 2.09. The van der Waals surface area contributed by atoms with E-state index in [0.717, 1.165) is 27.4 Å². The lowest BCUT2D eigenvalue weighted by molar-refractivity contribution is 1.32. The molecule has 0 unspecified atom stereocenters. The number of imidazole rings is 1. The van der Waals surface area contributed by atoms with E-state index in [1.54, 1.807) is 11.3 Å². The van der Waals surface area contributed by atoms with Gasteiger partial charge in [0.15, 0.2) is 0 Å². The Morgan fingerprint density at radius 3 is 2.94 bits per heavy atom. The molecule has 2 aromatic heterocycles. The van der Waals surface area contributed by atoms with E-state index in [4.69, 9.17) is 11.6 Å². The van der Waals surface area contributed by atoms with Gasteiger partial charge in [-0.2, -0.15) is 11.3 Å². The Hall–Kier alpha value is -1.32. The van der Waals surface area contributed by atoms with Crippen molar-refractivity contribution in [3.63, 3.8) is 0 Å².